The van der Waals surface area contributed by atoms with Gasteiger partial charge < -0.3 is 15.3 Å². The van der Waals surface area contributed by atoms with Gasteiger partial charge in [-0.3, -0.25) is 9.59 Å². The second-order valence-electron chi connectivity index (χ2n) is 6.95. The van der Waals surface area contributed by atoms with Gasteiger partial charge in [0.25, 0.3) is 0 Å². The number of amides is 2. The molecule has 5 nitrogen and oxygen atoms in total. The minimum atomic E-state index is -0.230. The molecule has 0 bridgehead atoms. The molecule has 0 aromatic heterocycles. The number of aliphatic hydroxyl groups is 1. The van der Waals surface area contributed by atoms with E-state index in [0.29, 0.717) is 31.8 Å². The summed E-state index contributed by atoms with van der Waals surface area (Å²) < 4.78 is 0. The monoisotopic (exact) mass is 284 g/mol. The predicted octanol–water partition coefficient (Wildman–Crippen LogP) is 1.02. The van der Waals surface area contributed by atoms with E-state index in [4.69, 9.17) is 5.11 Å². The van der Waals surface area contributed by atoms with E-state index in [1.165, 1.54) is 0 Å². The minimum absolute atomic E-state index is 0.0457. The highest BCUT2D eigenvalue weighted by Gasteiger charge is 2.34. The Morgan fingerprint density at radius 3 is 2.70 bits per heavy atom. The normalized spacial score (nSPS) is 19.8. The molecule has 0 aromatic rings. The van der Waals surface area contributed by atoms with Crippen molar-refractivity contribution in [3.63, 3.8) is 0 Å². The van der Waals surface area contributed by atoms with Crippen LogP contribution in [0.1, 0.15) is 40.5 Å². The summed E-state index contributed by atoms with van der Waals surface area (Å²) in [6, 6.07) is 0. The summed E-state index contributed by atoms with van der Waals surface area (Å²) in [6.45, 7) is 10.1. The van der Waals surface area contributed by atoms with Gasteiger partial charge in [-0.15, -0.1) is 0 Å². The highest BCUT2D eigenvalue weighted by molar-refractivity contribution is 5.89. The van der Waals surface area contributed by atoms with E-state index in [-0.39, 0.29) is 29.8 Å². The number of aliphatic hydroxyl groups excluding tert-OH is 1. The second kappa shape index (κ2) is 7.07. The lowest BCUT2D eigenvalue weighted by Gasteiger charge is -2.25. The lowest BCUT2D eigenvalue weighted by atomic mass is 9.89. The smallest absolute Gasteiger partial charge is 0.225 e. The summed E-state index contributed by atoms with van der Waals surface area (Å²) in [5.41, 5.74) is -0.120. The summed E-state index contributed by atoms with van der Waals surface area (Å²) in [5.74, 6) is 0.222. The maximum absolute atomic E-state index is 12.1. The van der Waals surface area contributed by atoms with Gasteiger partial charge in [0, 0.05) is 32.7 Å². The number of hydrogen-bond acceptors (Lipinski definition) is 3. The molecule has 1 atom stereocenters. The number of likely N-dealkylation sites (tertiary alicyclic amines) is 1. The third-order valence-electron chi connectivity index (χ3n) is 3.70. The van der Waals surface area contributed by atoms with Crippen molar-refractivity contribution in [1.29, 1.82) is 0 Å². The molecular weight excluding hydrogens is 256 g/mol. The fourth-order valence-electron chi connectivity index (χ4n) is 2.43. The van der Waals surface area contributed by atoms with Crippen LogP contribution in [0.2, 0.25) is 0 Å². The van der Waals surface area contributed by atoms with Crippen LogP contribution in [0.25, 0.3) is 0 Å². The van der Waals surface area contributed by atoms with Gasteiger partial charge in [0.2, 0.25) is 11.8 Å². The molecule has 5 heteroatoms. The molecule has 0 aliphatic carbocycles. The maximum atomic E-state index is 12.1. The molecule has 1 aliphatic rings. The summed E-state index contributed by atoms with van der Waals surface area (Å²) in [5, 5.41) is 11.9. The molecule has 2 N–H and O–H groups in total. The molecule has 1 saturated heterocycles. The van der Waals surface area contributed by atoms with E-state index < -0.39 is 0 Å². The van der Waals surface area contributed by atoms with Crippen molar-refractivity contribution >= 4 is 11.8 Å². The molecule has 1 aliphatic heterocycles. The highest BCUT2D eigenvalue weighted by Crippen LogP contribution is 2.21. The highest BCUT2D eigenvalue weighted by atomic mass is 16.3. The minimum Gasteiger partial charge on any atom is -0.396 e. The Kier molecular flexibility index (Phi) is 5.99. The van der Waals surface area contributed by atoms with Gasteiger partial charge in [0.05, 0.1) is 5.92 Å². The van der Waals surface area contributed by atoms with Gasteiger partial charge in [-0.05, 0) is 17.8 Å². The molecule has 0 radical (unpaired) electrons. The first-order valence-electron chi connectivity index (χ1n) is 7.41. The standard InChI is InChI=1S/C15H28N2O3/c1-11(2)8-17-9-12(7-13(17)19)14(20)16-10-15(3,4)5-6-18/h11-12,18H,5-10H2,1-4H3,(H,16,20). The van der Waals surface area contributed by atoms with Gasteiger partial charge in [0.1, 0.15) is 0 Å². The fraction of sp³-hybridized carbons (Fsp3) is 0.867. The van der Waals surface area contributed by atoms with Crippen molar-refractivity contribution in [1.82, 2.24) is 10.2 Å². The quantitative estimate of drug-likeness (QED) is 0.733. The maximum Gasteiger partial charge on any atom is 0.225 e. The van der Waals surface area contributed by atoms with E-state index >= 15 is 0 Å². The first-order chi connectivity index (χ1) is 9.25. The van der Waals surface area contributed by atoms with Crippen LogP contribution in [0.3, 0.4) is 0 Å². The fourth-order valence-corrected chi connectivity index (χ4v) is 2.43. The zero-order valence-corrected chi connectivity index (χ0v) is 13.1. The lowest BCUT2D eigenvalue weighted by molar-refractivity contribution is -0.129. The Morgan fingerprint density at radius 2 is 2.15 bits per heavy atom. The number of nitrogens with zero attached hydrogens (tertiary/aromatic N) is 1. The van der Waals surface area contributed by atoms with Crippen LogP contribution >= 0.6 is 0 Å². The van der Waals surface area contributed by atoms with Gasteiger partial charge in [-0.25, -0.2) is 0 Å². The second-order valence-corrected chi connectivity index (χ2v) is 6.95. The number of hydrogen-bond donors (Lipinski definition) is 2. The molecule has 1 rings (SSSR count). The molecule has 0 spiro atoms. The summed E-state index contributed by atoms with van der Waals surface area (Å²) in [4.78, 5) is 25.7. The van der Waals surface area contributed by atoms with Gasteiger partial charge in [0.15, 0.2) is 0 Å². The van der Waals surface area contributed by atoms with Crippen molar-refractivity contribution in [3.05, 3.63) is 0 Å². The zero-order valence-electron chi connectivity index (χ0n) is 13.1. The van der Waals surface area contributed by atoms with E-state index in [1.54, 1.807) is 4.90 Å². The predicted molar refractivity (Wildman–Crippen MR) is 78.0 cm³/mol. The van der Waals surface area contributed by atoms with Crippen molar-refractivity contribution in [3.8, 4) is 0 Å². The van der Waals surface area contributed by atoms with Gasteiger partial charge in [-0.2, -0.15) is 0 Å². The molecule has 20 heavy (non-hydrogen) atoms. The van der Waals surface area contributed by atoms with E-state index in [1.807, 2.05) is 13.8 Å². The lowest BCUT2D eigenvalue weighted by Crippen LogP contribution is -2.39. The van der Waals surface area contributed by atoms with Crippen LogP contribution in [-0.2, 0) is 9.59 Å². The average Bonchev–Trinajstić information content (AvgIpc) is 2.67. The van der Waals surface area contributed by atoms with Gasteiger partial charge >= 0.3 is 0 Å². The van der Waals surface area contributed by atoms with Crippen LogP contribution < -0.4 is 5.32 Å². The van der Waals surface area contributed by atoms with Crippen LogP contribution in [0.15, 0.2) is 0 Å². The van der Waals surface area contributed by atoms with E-state index in [9.17, 15) is 9.59 Å². The first kappa shape index (κ1) is 17.0. The van der Waals surface area contributed by atoms with E-state index in [0.717, 1.165) is 6.54 Å². The Bertz CT molecular complexity index is 353. The van der Waals surface area contributed by atoms with Crippen molar-refractivity contribution < 1.29 is 14.7 Å². The topological polar surface area (TPSA) is 69.6 Å². The van der Waals surface area contributed by atoms with Crippen LogP contribution in [0.5, 0.6) is 0 Å². The molecule has 1 heterocycles. The molecule has 2 amide bonds. The molecule has 0 aromatic carbocycles. The molecule has 1 fully saturated rings. The number of rotatable bonds is 7. The van der Waals surface area contributed by atoms with E-state index in [2.05, 4.69) is 19.2 Å². The Morgan fingerprint density at radius 1 is 1.50 bits per heavy atom. The number of carbonyl (C=O) groups excluding carboxylic acids is 2. The first-order valence-corrected chi connectivity index (χ1v) is 7.41. The third-order valence-corrected chi connectivity index (χ3v) is 3.70. The average molecular weight is 284 g/mol. The molecular formula is C15H28N2O3. The van der Waals surface area contributed by atoms with Crippen LogP contribution in [0.4, 0.5) is 0 Å². The zero-order chi connectivity index (χ0) is 15.3. The summed E-state index contributed by atoms with van der Waals surface area (Å²) in [6.07, 6.45) is 0.968. The summed E-state index contributed by atoms with van der Waals surface area (Å²) in [7, 11) is 0. The number of nitrogens with one attached hydrogen (secondary N) is 1. The largest absolute Gasteiger partial charge is 0.396 e. The van der Waals surface area contributed by atoms with Crippen molar-refractivity contribution in [2.75, 3.05) is 26.2 Å². The SMILES string of the molecule is CC(C)CN1CC(C(=O)NCC(C)(C)CCO)CC1=O. The van der Waals surface area contributed by atoms with Crippen molar-refractivity contribution in [2.45, 2.75) is 40.5 Å². The van der Waals surface area contributed by atoms with Crippen LogP contribution in [-0.4, -0.2) is 48.1 Å². The summed E-state index contributed by atoms with van der Waals surface area (Å²) >= 11 is 0. The van der Waals surface area contributed by atoms with Crippen molar-refractivity contribution in [2.24, 2.45) is 17.3 Å². The molecule has 116 valence electrons. The third kappa shape index (κ3) is 5.12. The Labute approximate surface area is 121 Å². The molecule has 0 saturated carbocycles. The van der Waals surface area contributed by atoms with Crippen LogP contribution in [0, 0.1) is 17.3 Å². The Balaban J connectivity index is 2.44. The van der Waals surface area contributed by atoms with Gasteiger partial charge in [-0.1, -0.05) is 27.7 Å². The Hall–Kier alpha value is -1.10. The number of carbonyl (C=O) groups is 2. The molecule has 1 unspecified atom stereocenters.